The van der Waals surface area contributed by atoms with E-state index in [1.54, 1.807) is 25.2 Å². The highest BCUT2D eigenvalue weighted by Gasteiger charge is 2.13. The van der Waals surface area contributed by atoms with E-state index in [2.05, 4.69) is 25.8 Å². The number of nitrogens with zero attached hydrogens (tertiary/aromatic N) is 3. The van der Waals surface area contributed by atoms with Crippen LogP contribution in [0.25, 0.3) is 11.4 Å². The standard InChI is InChI=1S/C19H18ClF2N5O.HI/c1-11(12-6-7-15(21)16(22)9-12)25-19(23-2)24-10-17-26-18(27-28-17)13-4-3-5-14(20)8-13;/h3-9,11H,10H2,1-2H3,(H2,23,24,25);1H. The molecule has 2 aromatic carbocycles. The zero-order chi connectivity index (χ0) is 20.1. The molecule has 0 spiro atoms. The fourth-order valence-electron chi connectivity index (χ4n) is 2.50. The van der Waals surface area contributed by atoms with E-state index < -0.39 is 11.6 Å². The normalized spacial score (nSPS) is 12.2. The molecule has 1 aromatic heterocycles. The molecule has 0 saturated carbocycles. The van der Waals surface area contributed by atoms with E-state index in [1.807, 2.05) is 13.0 Å². The van der Waals surface area contributed by atoms with Crippen molar-refractivity contribution in [2.75, 3.05) is 7.05 Å². The largest absolute Gasteiger partial charge is 0.350 e. The van der Waals surface area contributed by atoms with Gasteiger partial charge in [0.2, 0.25) is 11.7 Å². The van der Waals surface area contributed by atoms with E-state index in [1.165, 1.54) is 6.07 Å². The summed E-state index contributed by atoms with van der Waals surface area (Å²) in [5.41, 5.74) is 1.33. The lowest BCUT2D eigenvalue weighted by molar-refractivity contribution is 0.375. The monoisotopic (exact) mass is 533 g/mol. The van der Waals surface area contributed by atoms with Crippen molar-refractivity contribution in [2.24, 2.45) is 4.99 Å². The van der Waals surface area contributed by atoms with Crippen LogP contribution < -0.4 is 10.6 Å². The second-order valence-corrected chi connectivity index (χ2v) is 6.42. The lowest BCUT2D eigenvalue weighted by Gasteiger charge is -2.17. The third-order valence-electron chi connectivity index (χ3n) is 3.98. The fourth-order valence-corrected chi connectivity index (χ4v) is 2.69. The summed E-state index contributed by atoms with van der Waals surface area (Å²) >= 11 is 5.97. The lowest BCUT2D eigenvalue weighted by atomic mass is 10.1. The van der Waals surface area contributed by atoms with Crippen LogP contribution in [0.4, 0.5) is 8.78 Å². The van der Waals surface area contributed by atoms with Gasteiger partial charge in [0.15, 0.2) is 17.6 Å². The van der Waals surface area contributed by atoms with Crippen LogP contribution >= 0.6 is 35.6 Å². The van der Waals surface area contributed by atoms with Gasteiger partial charge in [0, 0.05) is 17.6 Å². The highest BCUT2D eigenvalue weighted by atomic mass is 127. The van der Waals surface area contributed by atoms with Gasteiger partial charge in [-0.15, -0.1) is 24.0 Å². The quantitative estimate of drug-likeness (QED) is 0.282. The average molecular weight is 534 g/mol. The Morgan fingerprint density at radius 2 is 2.00 bits per heavy atom. The van der Waals surface area contributed by atoms with Crippen LogP contribution in [0, 0.1) is 11.6 Å². The Bertz CT molecular complexity index is 998. The van der Waals surface area contributed by atoms with E-state index in [4.69, 9.17) is 16.1 Å². The molecule has 0 radical (unpaired) electrons. The van der Waals surface area contributed by atoms with E-state index >= 15 is 0 Å². The van der Waals surface area contributed by atoms with Crippen LogP contribution in [-0.4, -0.2) is 23.1 Å². The molecule has 3 rings (SSSR count). The number of benzene rings is 2. The number of aliphatic imine (C=N–C) groups is 1. The van der Waals surface area contributed by atoms with E-state index in [9.17, 15) is 8.78 Å². The molecule has 3 aromatic rings. The minimum Gasteiger partial charge on any atom is -0.350 e. The third kappa shape index (κ3) is 6.10. The molecule has 6 nitrogen and oxygen atoms in total. The molecule has 1 unspecified atom stereocenters. The first-order chi connectivity index (χ1) is 13.5. The molecule has 0 saturated heterocycles. The van der Waals surface area contributed by atoms with Gasteiger partial charge in [0.25, 0.3) is 0 Å². The lowest BCUT2D eigenvalue weighted by Crippen LogP contribution is -2.38. The van der Waals surface area contributed by atoms with Gasteiger partial charge in [-0.25, -0.2) is 8.78 Å². The molecule has 10 heteroatoms. The number of hydrogen-bond acceptors (Lipinski definition) is 4. The Morgan fingerprint density at radius 3 is 2.69 bits per heavy atom. The molecule has 1 atom stereocenters. The first-order valence-corrected chi connectivity index (χ1v) is 8.84. The number of nitrogens with one attached hydrogen (secondary N) is 2. The predicted molar refractivity (Wildman–Crippen MR) is 118 cm³/mol. The first kappa shape index (κ1) is 23.0. The summed E-state index contributed by atoms with van der Waals surface area (Å²) in [6.45, 7) is 2.04. The van der Waals surface area contributed by atoms with Crippen molar-refractivity contribution in [3.63, 3.8) is 0 Å². The number of halogens is 4. The molecular formula is C19H19ClF2IN5O. The van der Waals surface area contributed by atoms with Gasteiger partial charge in [-0.05, 0) is 36.8 Å². The summed E-state index contributed by atoms with van der Waals surface area (Å²) in [5, 5.41) is 10.6. The zero-order valence-electron chi connectivity index (χ0n) is 15.6. The van der Waals surface area contributed by atoms with Crippen LogP contribution in [0.5, 0.6) is 0 Å². The molecule has 29 heavy (non-hydrogen) atoms. The molecule has 2 N–H and O–H groups in total. The molecule has 0 aliphatic heterocycles. The van der Waals surface area contributed by atoms with Crippen molar-refractivity contribution in [2.45, 2.75) is 19.5 Å². The van der Waals surface area contributed by atoms with Gasteiger partial charge < -0.3 is 15.2 Å². The van der Waals surface area contributed by atoms with Crippen molar-refractivity contribution in [3.8, 4) is 11.4 Å². The van der Waals surface area contributed by atoms with Gasteiger partial charge in [0.05, 0.1) is 12.6 Å². The Kier molecular flexibility index (Phi) is 8.32. The summed E-state index contributed by atoms with van der Waals surface area (Å²) in [6, 6.07) is 10.6. The van der Waals surface area contributed by atoms with Crippen LogP contribution in [0.3, 0.4) is 0 Å². The highest BCUT2D eigenvalue weighted by Crippen LogP contribution is 2.20. The molecular weight excluding hydrogens is 515 g/mol. The Balaban J connectivity index is 0.00000300. The van der Waals surface area contributed by atoms with Gasteiger partial charge in [0.1, 0.15) is 0 Å². The maximum Gasteiger partial charge on any atom is 0.246 e. The summed E-state index contributed by atoms with van der Waals surface area (Å²) in [7, 11) is 1.60. The number of hydrogen-bond donors (Lipinski definition) is 2. The third-order valence-corrected chi connectivity index (χ3v) is 4.21. The number of aromatic nitrogens is 2. The SMILES string of the molecule is CN=C(NCc1nc(-c2cccc(Cl)c2)no1)NC(C)c1ccc(F)c(F)c1.I. The van der Waals surface area contributed by atoms with Gasteiger partial charge in [-0.1, -0.05) is 35.0 Å². The number of guanidine groups is 1. The van der Waals surface area contributed by atoms with E-state index in [-0.39, 0.29) is 36.6 Å². The van der Waals surface area contributed by atoms with Gasteiger partial charge in [-0.2, -0.15) is 4.98 Å². The summed E-state index contributed by atoms with van der Waals surface area (Å²) in [6.07, 6.45) is 0. The molecule has 0 fully saturated rings. The van der Waals surface area contributed by atoms with Crippen LogP contribution in [-0.2, 0) is 6.54 Å². The van der Waals surface area contributed by atoms with Gasteiger partial charge in [-0.3, -0.25) is 4.99 Å². The maximum atomic E-state index is 13.4. The van der Waals surface area contributed by atoms with E-state index in [0.29, 0.717) is 28.3 Å². The van der Waals surface area contributed by atoms with Crippen molar-refractivity contribution in [3.05, 3.63) is 70.6 Å². The molecule has 0 aliphatic carbocycles. The zero-order valence-corrected chi connectivity index (χ0v) is 18.7. The molecule has 0 amide bonds. The number of rotatable bonds is 5. The van der Waals surface area contributed by atoms with Crippen molar-refractivity contribution >= 4 is 41.5 Å². The average Bonchev–Trinajstić information content (AvgIpc) is 3.16. The summed E-state index contributed by atoms with van der Waals surface area (Å²) in [4.78, 5) is 8.42. The van der Waals surface area contributed by atoms with Crippen LogP contribution in [0.15, 0.2) is 52.0 Å². The Morgan fingerprint density at radius 1 is 1.21 bits per heavy atom. The second kappa shape index (κ2) is 10.5. The minimum atomic E-state index is -0.895. The van der Waals surface area contributed by atoms with Crippen molar-refractivity contribution in [1.29, 1.82) is 0 Å². The van der Waals surface area contributed by atoms with Crippen molar-refractivity contribution in [1.82, 2.24) is 20.8 Å². The Labute approximate surface area is 188 Å². The topological polar surface area (TPSA) is 75.3 Å². The van der Waals surface area contributed by atoms with Crippen LogP contribution in [0.1, 0.15) is 24.4 Å². The molecule has 0 aliphatic rings. The highest BCUT2D eigenvalue weighted by molar-refractivity contribution is 14.0. The summed E-state index contributed by atoms with van der Waals surface area (Å²) < 4.78 is 31.7. The van der Waals surface area contributed by atoms with Crippen molar-refractivity contribution < 1.29 is 13.3 Å². The fraction of sp³-hybridized carbons (Fsp3) is 0.211. The van der Waals surface area contributed by atoms with Crippen LogP contribution in [0.2, 0.25) is 5.02 Å². The van der Waals surface area contributed by atoms with E-state index in [0.717, 1.165) is 17.7 Å². The Hall–Kier alpha value is -2.27. The first-order valence-electron chi connectivity index (χ1n) is 8.47. The smallest absolute Gasteiger partial charge is 0.246 e. The maximum absolute atomic E-state index is 13.4. The van der Waals surface area contributed by atoms with Gasteiger partial charge >= 0.3 is 0 Å². The molecule has 154 valence electrons. The molecule has 0 bridgehead atoms. The summed E-state index contributed by atoms with van der Waals surface area (Å²) in [5.74, 6) is -0.547. The molecule has 1 heterocycles. The predicted octanol–water partition coefficient (Wildman–Crippen LogP) is 4.71. The minimum absolute atomic E-state index is 0. The second-order valence-electron chi connectivity index (χ2n) is 5.99.